The zero-order valence-corrected chi connectivity index (χ0v) is 6.67. The van der Waals surface area contributed by atoms with E-state index in [1.54, 1.807) is 0 Å². The minimum absolute atomic E-state index is 0.123. The monoisotopic (exact) mass is 166 g/mol. The first-order valence-electron chi connectivity index (χ1n) is 4.03. The third-order valence-electron chi connectivity index (χ3n) is 2.12. The first-order chi connectivity index (χ1) is 5.83. The van der Waals surface area contributed by atoms with E-state index in [0.717, 1.165) is 18.5 Å². The summed E-state index contributed by atoms with van der Waals surface area (Å²) in [6, 6.07) is 0. The summed E-state index contributed by atoms with van der Waals surface area (Å²) in [4.78, 5) is 11.4. The molecule has 1 heterocycles. The van der Waals surface area contributed by atoms with Crippen LogP contribution in [0.1, 0.15) is 34.7 Å². The first-order valence-corrected chi connectivity index (χ1v) is 4.03. The molecule has 4 nitrogen and oxygen atoms in total. The van der Waals surface area contributed by atoms with Crippen LogP contribution in [0.2, 0.25) is 0 Å². The number of Topliss-reactive ketones (excluding diaryl/α,β-unsaturated/α-hetero) is 1. The molecule has 1 aliphatic carbocycles. The zero-order valence-electron chi connectivity index (χ0n) is 6.67. The fourth-order valence-corrected chi connectivity index (χ4v) is 1.53. The number of carbonyl (C=O) groups excluding carboxylic acids is 1. The van der Waals surface area contributed by atoms with Gasteiger partial charge in [0.25, 0.3) is 0 Å². The molecule has 0 aromatic carbocycles. The average Bonchev–Trinajstić information content (AvgIpc) is 2.49. The number of nitrogens with zero attached hydrogens (tertiary/aromatic N) is 1. The molecular formula is C8H10N2O2. The van der Waals surface area contributed by atoms with Gasteiger partial charge < -0.3 is 10.3 Å². The van der Waals surface area contributed by atoms with Crippen LogP contribution in [0, 0.1) is 0 Å². The fourth-order valence-electron chi connectivity index (χ4n) is 1.53. The Kier molecular flexibility index (Phi) is 1.69. The molecule has 0 fully saturated rings. The van der Waals surface area contributed by atoms with E-state index in [0.29, 0.717) is 17.7 Å². The molecule has 0 unspecified atom stereocenters. The van der Waals surface area contributed by atoms with Crippen molar-refractivity contribution in [1.82, 2.24) is 5.16 Å². The lowest BCUT2D eigenvalue weighted by Gasteiger charge is -2.06. The van der Waals surface area contributed by atoms with Crippen molar-refractivity contribution in [3.05, 3.63) is 17.0 Å². The van der Waals surface area contributed by atoms with Gasteiger partial charge in [0.1, 0.15) is 0 Å². The van der Waals surface area contributed by atoms with Gasteiger partial charge in [-0.3, -0.25) is 4.79 Å². The highest BCUT2D eigenvalue weighted by molar-refractivity contribution is 5.98. The molecule has 1 aromatic heterocycles. The summed E-state index contributed by atoms with van der Waals surface area (Å²) in [5, 5.41) is 3.80. The van der Waals surface area contributed by atoms with Crippen LogP contribution in [0.25, 0.3) is 0 Å². The Hall–Kier alpha value is -1.16. The molecule has 1 aliphatic rings. The second-order valence-electron chi connectivity index (χ2n) is 2.91. The molecule has 2 N–H and O–H groups in total. The van der Waals surface area contributed by atoms with Gasteiger partial charge in [-0.2, -0.15) is 0 Å². The zero-order chi connectivity index (χ0) is 8.55. The van der Waals surface area contributed by atoms with Gasteiger partial charge in [-0.25, -0.2) is 0 Å². The number of rotatable bonds is 1. The van der Waals surface area contributed by atoms with Crippen LogP contribution in [0.3, 0.4) is 0 Å². The largest absolute Gasteiger partial charge is 0.359 e. The Morgan fingerprint density at radius 2 is 2.33 bits per heavy atom. The van der Waals surface area contributed by atoms with Crippen molar-refractivity contribution in [2.24, 2.45) is 5.73 Å². The number of hydrogen-bond acceptors (Lipinski definition) is 4. The molecule has 0 saturated heterocycles. The number of fused-ring (bicyclic) bond motifs is 1. The van der Waals surface area contributed by atoms with Crippen LogP contribution >= 0.6 is 0 Å². The van der Waals surface area contributed by atoms with E-state index in [2.05, 4.69) is 5.16 Å². The van der Waals surface area contributed by atoms with E-state index in [4.69, 9.17) is 10.3 Å². The number of ketones is 1. The molecule has 0 aliphatic heterocycles. The summed E-state index contributed by atoms with van der Waals surface area (Å²) < 4.78 is 4.94. The minimum atomic E-state index is 0.123. The smallest absolute Gasteiger partial charge is 0.168 e. The van der Waals surface area contributed by atoms with Gasteiger partial charge in [-0.05, 0) is 12.8 Å². The topological polar surface area (TPSA) is 69.1 Å². The van der Waals surface area contributed by atoms with E-state index in [9.17, 15) is 4.79 Å². The predicted molar refractivity (Wildman–Crippen MR) is 41.7 cm³/mol. The van der Waals surface area contributed by atoms with Gasteiger partial charge in [0.05, 0.1) is 17.8 Å². The average molecular weight is 166 g/mol. The third-order valence-corrected chi connectivity index (χ3v) is 2.12. The van der Waals surface area contributed by atoms with Crippen molar-refractivity contribution in [3.8, 4) is 0 Å². The van der Waals surface area contributed by atoms with Crippen molar-refractivity contribution in [2.75, 3.05) is 0 Å². The standard InChI is InChI=1S/C8H10N2O2/c9-4-7-8-5(10-12-7)2-1-3-6(8)11/h1-4,9H2. The van der Waals surface area contributed by atoms with Crippen LogP contribution in [0.4, 0.5) is 0 Å². The first kappa shape index (κ1) is 7.49. The van der Waals surface area contributed by atoms with Gasteiger partial charge in [0.15, 0.2) is 11.5 Å². The molecule has 0 saturated carbocycles. The Labute approximate surface area is 69.7 Å². The highest BCUT2D eigenvalue weighted by atomic mass is 16.5. The van der Waals surface area contributed by atoms with Crippen molar-refractivity contribution in [3.63, 3.8) is 0 Å². The number of hydrogen-bond donors (Lipinski definition) is 1. The van der Waals surface area contributed by atoms with Crippen LogP contribution in [-0.4, -0.2) is 10.9 Å². The van der Waals surface area contributed by atoms with Gasteiger partial charge in [0, 0.05) is 6.42 Å². The van der Waals surface area contributed by atoms with Gasteiger partial charge in [-0.1, -0.05) is 5.16 Å². The van der Waals surface area contributed by atoms with E-state index in [1.807, 2.05) is 0 Å². The van der Waals surface area contributed by atoms with Gasteiger partial charge in [-0.15, -0.1) is 0 Å². The summed E-state index contributed by atoms with van der Waals surface area (Å²) >= 11 is 0. The Morgan fingerprint density at radius 3 is 3.08 bits per heavy atom. The predicted octanol–water partition coefficient (Wildman–Crippen LogP) is 0.652. The molecule has 0 radical (unpaired) electrons. The molecule has 1 aromatic rings. The van der Waals surface area contributed by atoms with Crippen molar-refractivity contribution < 1.29 is 9.32 Å². The Bertz CT molecular complexity index is 303. The summed E-state index contributed by atoms with van der Waals surface area (Å²) in [5.74, 6) is 0.660. The van der Waals surface area contributed by atoms with Crippen LogP contribution < -0.4 is 5.73 Å². The molecule has 0 bridgehead atoms. The van der Waals surface area contributed by atoms with Crippen molar-refractivity contribution >= 4 is 5.78 Å². The summed E-state index contributed by atoms with van der Waals surface area (Å²) in [5.41, 5.74) is 6.82. The molecule has 12 heavy (non-hydrogen) atoms. The molecule has 0 spiro atoms. The number of nitrogens with two attached hydrogens (primary N) is 1. The second kappa shape index (κ2) is 2.71. The van der Waals surface area contributed by atoms with E-state index in [1.165, 1.54) is 0 Å². The quantitative estimate of drug-likeness (QED) is 0.665. The van der Waals surface area contributed by atoms with Crippen molar-refractivity contribution in [2.45, 2.75) is 25.8 Å². The number of aromatic nitrogens is 1. The normalized spacial score (nSPS) is 16.2. The lowest BCUT2D eigenvalue weighted by molar-refractivity contribution is 0.0971. The van der Waals surface area contributed by atoms with Crippen LogP contribution in [0.5, 0.6) is 0 Å². The molecule has 2 rings (SSSR count). The third kappa shape index (κ3) is 0.956. The highest BCUT2D eigenvalue weighted by Gasteiger charge is 2.24. The molecule has 4 heteroatoms. The van der Waals surface area contributed by atoms with Gasteiger partial charge in [0.2, 0.25) is 0 Å². The lowest BCUT2D eigenvalue weighted by Crippen LogP contribution is -2.12. The SMILES string of the molecule is NCc1onc2c1C(=O)CCC2. The van der Waals surface area contributed by atoms with E-state index in [-0.39, 0.29) is 12.3 Å². The highest BCUT2D eigenvalue weighted by Crippen LogP contribution is 2.23. The van der Waals surface area contributed by atoms with Gasteiger partial charge >= 0.3 is 0 Å². The second-order valence-corrected chi connectivity index (χ2v) is 2.91. The maximum absolute atomic E-state index is 11.4. The fraction of sp³-hybridized carbons (Fsp3) is 0.500. The van der Waals surface area contributed by atoms with Crippen LogP contribution in [-0.2, 0) is 13.0 Å². The molecular weight excluding hydrogens is 156 g/mol. The lowest BCUT2D eigenvalue weighted by atomic mass is 9.95. The van der Waals surface area contributed by atoms with E-state index >= 15 is 0 Å². The summed E-state index contributed by atoms with van der Waals surface area (Å²) in [6.45, 7) is 0.258. The summed E-state index contributed by atoms with van der Waals surface area (Å²) in [7, 11) is 0. The Morgan fingerprint density at radius 1 is 1.50 bits per heavy atom. The van der Waals surface area contributed by atoms with Crippen molar-refractivity contribution in [1.29, 1.82) is 0 Å². The van der Waals surface area contributed by atoms with E-state index < -0.39 is 0 Å². The Balaban J connectivity index is 2.50. The minimum Gasteiger partial charge on any atom is -0.359 e. The summed E-state index contributed by atoms with van der Waals surface area (Å²) in [6.07, 6.45) is 2.31. The molecule has 0 atom stereocenters. The molecule has 64 valence electrons. The van der Waals surface area contributed by atoms with Crippen LogP contribution in [0.15, 0.2) is 4.52 Å². The number of carbonyl (C=O) groups is 1. The maximum atomic E-state index is 11.4. The molecule has 0 amide bonds. The maximum Gasteiger partial charge on any atom is 0.168 e. The number of aryl methyl sites for hydroxylation is 1.